The van der Waals surface area contributed by atoms with Gasteiger partial charge >= 0.3 is 6.01 Å². The molecule has 0 bridgehead atoms. The molecule has 1 saturated heterocycles. The van der Waals surface area contributed by atoms with Crippen molar-refractivity contribution in [1.29, 1.82) is 0 Å². The second-order valence-electron chi connectivity index (χ2n) is 7.28. The minimum absolute atomic E-state index is 0.0141. The highest BCUT2D eigenvalue weighted by Crippen LogP contribution is 2.32. The van der Waals surface area contributed by atoms with Crippen LogP contribution in [0.5, 0.6) is 11.9 Å². The number of amides is 1. The van der Waals surface area contributed by atoms with Gasteiger partial charge in [0.05, 0.1) is 32.1 Å². The van der Waals surface area contributed by atoms with Gasteiger partial charge in [-0.25, -0.2) is 13.8 Å². The molecule has 3 heterocycles. The molecule has 33 heavy (non-hydrogen) atoms. The molecule has 1 amide bonds. The number of carbonyl (C=O) groups is 1. The lowest BCUT2D eigenvalue weighted by Gasteiger charge is -2.27. The summed E-state index contributed by atoms with van der Waals surface area (Å²) in [5, 5.41) is 0.248. The Labute approximate surface area is 192 Å². The number of fused-ring (bicyclic) bond motifs is 1. The van der Waals surface area contributed by atoms with Crippen LogP contribution in [0.1, 0.15) is 16.9 Å². The number of hydrogen-bond donors (Lipinski definition) is 0. The van der Waals surface area contributed by atoms with Gasteiger partial charge in [0.15, 0.2) is 10.9 Å². The summed E-state index contributed by atoms with van der Waals surface area (Å²) in [6, 6.07) is 3.35. The first-order chi connectivity index (χ1) is 16.0. The van der Waals surface area contributed by atoms with Crippen LogP contribution >= 0.6 is 11.3 Å². The molecule has 176 valence electrons. The van der Waals surface area contributed by atoms with E-state index in [4.69, 9.17) is 14.2 Å². The maximum Gasteiger partial charge on any atom is 0.320 e. The van der Waals surface area contributed by atoms with E-state index < -0.39 is 17.5 Å². The number of nitrogens with zero attached hydrogens (tertiary/aromatic N) is 5. The highest BCUT2D eigenvalue weighted by molar-refractivity contribution is 7.22. The standard InChI is InChI=1S/C21H23F2N5O4S/c1-30-17-12-15(24-20(25-17)31-2)19(29)28(5-3-4-27-6-8-32-9-7-27)21-26-18-14(23)10-13(22)11-16(18)33-21/h10-12H,3-9H2,1-2H3. The minimum atomic E-state index is -0.779. The number of rotatable bonds is 8. The normalized spacial score (nSPS) is 14.4. The molecule has 0 atom stereocenters. The van der Waals surface area contributed by atoms with Crippen molar-refractivity contribution >= 4 is 32.6 Å². The smallest absolute Gasteiger partial charge is 0.320 e. The molecule has 12 heteroatoms. The molecule has 0 N–H and O–H groups in total. The Balaban J connectivity index is 1.65. The Kier molecular flexibility index (Phi) is 7.26. The second-order valence-corrected chi connectivity index (χ2v) is 8.29. The highest BCUT2D eigenvalue weighted by atomic mass is 32.1. The number of benzene rings is 1. The lowest BCUT2D eigenvalue weighted by molar-refractivity contribution is 0.0376. The topological polar surface area (TPSA) is 89.9 Å². The van der Waals surface area contributed by atoms with Crippen molar-refractivity contribution in [2.24, 2.45) is 0 Å². The second kappa shape index (κ2) is 10.3. The van der Waals surface area contributed by atoms with Crippen LogP contribution in [0.15, 0.2) is 18.2 Å². The van der Waals surface area contributed by atoms with Gasteiger partial charge in [0, 0.05) is 38.3 Å². The van der Waals surface area contributed by atoms with E-state index in [2.05, 4.69) is 19.9 Å². The maximum atomic E-state index is 14.3. The quantitative estimate of drug-likeness (QED) is 0.487. The fourth-order valence-corrected chi connectivity index (χ4v) is 4.50. The van der Waals surface area contributed by atoms with E-state index in [9.17, 15) is 13.6 Å². The lowest BCUT2D eigenvalue weighted by Crippen LogP contribution is -2.39. The van der Waals surface area contributed by atoms with Gasteiger partial charge in [-0.3, -0.25) is 14.6 Å². The molecule has 1 aromatic carbocycles. The zero-order chi connectivity index (χ0) is 23.4. The maximum absolute atomic E-state index is 14.3. The predicted molar refractivity (Wildman–Crippen MR) is 118 cm³/mol. The Morgan fingerprint density at radius 3 is 2.67 bits per heavy atom. The summed E-state index contributed by atoms with van der Waals surface area (Å²) in [7, 11) is 2.80. The van der Waals surface area contributed by atoms with Crippen LogP contribution in [-0.4, -0.2) is 79.4 Å². The van der Waals surface area contributed by atoms with Crippen LogP contribution in [0.25, 0.3) is 10.2 Å². The number of anilines is 1. The monoisotopic (exact) mass is 479 g/mol. The Morgan fingerprint density at radius 1 is 1.15 bits per heavy atom. The van der Waals surface area contributed by atoms with Crippen molar-refractivity contribution in [3.8, 4) is 11.9 Å². The average molecular weight is 480 g/mol. The Morgan fingerprint density at radius 2 is 1.94 bits per heavy atom. The lowest BCUT2D eigenvalue weighted by atomic mass is 10.3. The minimum Gasteiger partial charge on any atom is -0.481 e. The molecule has 2 aromatic heterocycles. The van der Waals surface area contributed by atoms with E-state index in [0.717, 1.165) is 37.0 Å². The van der Waals surface area contributed by atoms with Crippen LogP contribution in [0, 0.1) is 11.6 Å². The summed E-state index contributed by atoms with van der Waals surface area (Å²) in [5.74, 6) is -1.80. The molecule has 0 unspecified atom stereocenters. The largest absolute Gasteiger partial charge is 0.481 e. The molecule has 1 fully saturated rings. The van der Waals surface area contributed by atoms with E-state index in [1.807, 2.05) is 0 Å². The van der Waals surface area contributed by atoms with Crippen molar-refractivity contribution < 1.29 is 27.8 Å². The van der Waals surface area contributed by atoms with E-state index in [-0.39, 0.29) is 28.2 Å². The molecule has 9 nitrogen and oxygen atoms in total. The Hall–Kier alpha value is -2.96. The first kappa shape index (κ1) is 23.2. The van der Waals surface area contributed by atoms with E-state index in [1.165, 1.54) is 31.3 Å². The zero-order valence-electron chi connectivity index (χ0n) is 18.2. The van der Waals surface area contributed by atoms with Crippen LogP contribution in [-0.2, 0) is 4.74 Å². The summed E-state index contributed by atoms with van der Waals surface area (Å²) >= 11 is 1.04. The van der Waals surface area contributed by atoms with Gasteiger partial charge in [-0.15, -0.1) is 0 Å². The Bertz CT molecular complexity index is 1120. The summed E-state index contributed by atoms with van der Waals surface area (Å²) in [6.07, 6.45) is 0.637. The van der Waals surface area contributed by atoms with E-state index in [0.29, 0.717) is 30.9 Å². The van der Waals surface area contributed by atoms with Crippen LogP contribution in [0.2, 0.25) is 0 Å². The molecule has 4 rings (SSSR count). The first-order valence-corrected chi connectivity index (χ1v) is 11.1. The van der Waals surface area contributed by atoms with Gasteiger partial charge in [0.25, 0.3) is 5.91 Å². The van der Waals surface area contributed by atoms with Gasteiger partial charge in [-0.1, -0.05) is 11.3 Å². The third kappa shape index (κ3) is 5.34. The van der Waals surface area contributed by atoms with Crippen molar-refractivity contribution in [2.45, 2.75) is 6.42 Å². The third-order valence-electron chi connectivity index (χ3n) is 5.13. The van der Waals surface area contributed by atoms with E-state index >= 15 is 0 Å². The molecule has 0 radical (unpaired) electrons. The molecular weight excluding hydrogens is 456 g/mol. The number of carbonyl (C=O) groups excluding carboxylic acids is 1. The first-order valence-electron chi connectivity index (χ1n) is 10.3. The van der Waals surface area contributed by atoms with Crippen molar-refractivity contribution in [3.63, 3.8) is 0 Å². The number of ether oxygens (including phenoxy) is 3. The highest BCUT2D eigenvalue weighted by Gasteiger charge is 2.25. The number of methoxy groups -OCH3 is 2. The van der Waals surface area contributed by atoms with Gasteiger partial charge in [-0.05, 0) is 12.5 Å². The molecule has 0 aliphatic carbocycles. The summed E-state index contributed by atoms with van der Waals surface area (Å²) in [4.78, 5) is 29.6. The van der Waals surface area contributed by atoms with E-state index in [1.54, 1.807) is 0 Å². The SMILES string of the molecule is COc1cc(C(=O)N(CCCN2CCOCC2)c2nc3c(F)cc(F)cc3s2)nc(OC)n1. The number of hydrogen-bond acceptors (Lipinski definition) is 9. The van der Waals surface area contributed by atoms with Gasteiger partial charge in [0.1, 0.15) is 17.0 Å². The molecule has 0 saturated carbocycles. The van der Waals surface area contributed by atoms with Crippen LogP contribution < -0.4 is 14.4 Å². The fraction of sp³-hybridized carbons (Fsp3) is 0.429. The summed E-state index contributed by atoms with van der Waals surface area (Å²) in [6.45, 7) is 4.03. The average Bonchev–Trinajstić information content (AvgIpc) is 3.25. The van der Waals surface area contributed by atoms with Gasteiger partial charge < -0.3 is 14.2 Å². The van der Waals surface area contributed by atoms with Crippen LogP contribution in [0.4, 0.5) is 13.9 Å². The molecule has 3 aromatic rings. The predicted octanol–water partition coefficient (Wildman–Crippen LogP) is 2.75. The summed E-state index contributed by atoms with van der Waals surface area (Å²) in [5.41, 5.74) is 0.0520. The molecule has 1 aliphatic heterocycles. The van der Waals surface area contributed by atoms with Crippen molar-refractivity contribution in [3.05, 3.63) is 35.5 Å². The molecule has 0 spiro atoms. The molecular formula is C21H23F2N5O4S. The van der Waals surface area contributed by atoms with Crippen LogP contribution in [0.3, 0.4) is 0 Å². The van der Waals surface area contributed by atoms with Gasteiger partial charge in [-0.2, -0.15) is 9.97 Å². The van der Waals surface area contributed by atoms with Crippen molar-refractivity contribution in [2.75, 3.05) is 58.5 Å². The third-order valence-corrected chi connectivity index (χ3v) is 6.16. The summed E-state index contributed by atoms with van der Waals surface area (Å²) < 4.78 is 43.9. The number of morpholine rings is 1. The fourth-order valence-electron chi connectivity index (χ4n) is 3.47. The van der Waals surface area contributed by atoms with Crippen molar-refractivity contribution in [1.82, 2.24) is 19.9 Å². The zero-order valence-corrected chi connectivity index (χ0v) is 19.0. The molecule has 1 aliphatic rings. The number of thiazole rings is 1. The number of aromatic nitrogens is 3. The number of halogens is 2. The van der Waals surface area contributed by atoms with Gasteiger partial charge in [0.2, 0.25) is 5.88 Å².